The third-order valence-electron chi connectivity index (χ3n) is 2.88. The summed E-state index contributed by atoms with van der Waals surface area (Å²) in [6, 6.07) is 5.10. The summed E-state index contributed by atoms with van der Waals surface area (Å²) in [4.78, 5) is 23.8. The molecule has 0 radical (unpaired) electrons. The molecular weight excluding hydrogens is 260 g/mol. The van der Waals surface area contributed by atoms with Gasteiger partial charge in [0, 0.05) is 25.7 Å². The molecule has 2 N–H and O–H groups in total. The molecule has 0 saturated heterocycles. The van der Waals surface area contributed by atoms with Crippen LogP contribution < -0.4 is 10.1 Å². The zero-order chi connectivity index (χ0) is 15.1. The van der Waals surface area contributed by atoms with E-state index in [0.29, 0.717) is 18.7 Å². The third-order valence-corrected chi connectivity index (χ3v) is 2.88. The van der Waals surface area contributed by atoms with E-state index in [1.165, 1.54) is 4.90 Å². The number of rotatable bonds is 6. The Hall–Kier alpha value is -2.24. The van der Waals surface area contributed by atoms with Gasteiger partial charge in [-0.2, -0.15) is 0 Å². The summed E-state index contributed by atoms with van der Waals surface area (Å²) in [6.07, 6.45) is 0.486. The molecular formula is C14H20N2O4. The summed E-state index contributed by atoms with van der Waals surface area (Å²) in [5.41, 5.74) is 1.61. The minimum atomic E-state index is -0.857. The van der Waals surface area contributed by atoms with Gasteiger partial charge in [0.15, 0.2) is 0 Å². The molecule has 110 valence electrons. The van der Waals surface area contributed by atoms with Crippen molar-refractivity contribution in [2.24, 2.45) is 0 Å². The maximum atomic E-state index is 11.9. The quantitative estimate of drug-likeness (QED) is 0.838. The van der Waals surface area contributed by atoms with Gasteiger partial charge >= 0.3 is 12.0 Å². The van der Waals surface area contributed by atoms with Crippen molar-refractivity contribution in [1.82, 2.24) is 4.90 Å². The number of nitrogens with one attached hydrogen (secondary N) is 1. The number of methoxy groups -OCH3 is 1. The topological polar surface area (TPSA) is 78.9 Å². The molecule has 0 aliphatic rings. The minimum absolute atomic E-state index is 0.0548. The molecule has 0 heterocycles. The Kier molecular flexibility index (Phi) is 5.83. The number of aryl methyl sites for hydroxylation is 1. The molecule has 1 aromatic carbocycles. The number of nitrogens with zero attached hydrogens (tertiary/aromatic N) is 1. The molecule has 1 aromatic rings. The Balaban J connectivity index is 2.52. The molecule has 0 aromatic heterocycles. The Bertz CT molecular complexity index is 488. The first kappa shape index (κ1) is 15.8. The fourth-order valence-electron chi connectivity index (χ4n) is 1.74. The second-order valence-corrected chi connectivity index (χ2v) is 4.53. The standard InChI is InChI=1S/C14H20N2O4/c1-10-9-11(6-7-12(10)20-3)15-14(19)16(2)8-4-5-13(17)18/h6-7,9H,4-5,8H2,1-3H3,(H,15,19)(H,17,18). The Morgan fingerprint density at radius 1 is 1.40 bits per heavy atom. The van der Waals surface area contributed by atoms with Crippen molar-refractivity contribution in [1.29, 1.82) is 0 Å². The average Bonchev–Trinajstić information content (AvgIpc) is 2.38. The monoisotopic (exact) mass is 280 g/mol. The molecule has 0 spiro atoms. The maximum absolute atomic E-state index is 11.9. The van der Waals surface area contributed by atoms with E-state index < -0.39 is 5.97 Å². The highest BCUT2D eigenvalue weighted by Gasteiger charge is 2.10. The predicted molar refractivity (Wildman–Crippen MR) is 76.2 cm³/mol. The molecule has 0 aliphatic carbocycles. The van der Waals surface area contributed by atoms with Gasteiger partial charge in [-0.05, 0) is 37.1 Å². The SMILES string of the molecule is COc1ccc(NC(=O)N(C)CCCC(=O)O)cc1C. The lowest BCUT2D eigenvalue weighted by Gasteiger charge is -2.18. The van der Waals surface area contributed by atoms with Crippen LogP contribution in [0.2, 0.25) is 0 Å². The number of hydrogen-bond donors (Lipinski definition) is 2. The highest BCUT2D eigenvalue weighted by atomic mass is 16.5. The van der Waals surface area contributed by atoms with Crippen LogP contribution in [0, 0.1) is 6.92 Å². The first-order valence-corrected chi connectivity index (χ1v) is 6.32. The number of carbonyl (C=O) groups excluding carboxylic acids is 1. The van der Waals surface area contributed by atoms with Gasteiger partial charge in [-0.25, -0.2) is 4.79 Å². The first-order chi connectivity index (χ1) is 9.43. The van der Waals surface area contributed by atoms with E-state index in [1.807, 2.05) is 13.0 Å². The van der Waals surface area contributed by atoms with Gasteiger partial charge in [0.05, 0.1) is 7.11 Å². The van der Waals surface area contributed by atoms with E-state index in [9.17, 15) is 9.59 Å². The molecule has 2 amide bonds. The van der Waals surface area contributed by atoms with Gasteiger partial charge < -0.3 is 20.1 Å². The van der Waals surface area contributed by atoms with E-state index in [4.69, 9.17) is 9.84 Å². The van der Waals surface area contributed by atoms with Crippen molar-refractivity contribution in [3.8, 4) is 5.75 Å². The van der Waals surface area contributed by atoms with Crippen LogP contribution in [0.25, 0.3) is 0 Å². The molecule has 1 rings (SSSR count). The van der Waals surface area contributed by atoms with E-state index in [0.717, 1.165) is 11.3 Å². The Morgan fingerprint density at radius 2 is 2.10 bits per heavy atom. The van der Waals surface area contributed by atoms with Gasteiger partial charge in [0.25, 0.3) is 0 Å². The van der Waals surface area contributed by atoms with Crippen molar-refractivity contribution >= 4 is 17.7 Å². The van der Waals surface area contributed by atoms with Crippen LogP contribution in [0.3, 0.4) is 0 Å². The van der Waals surface area contributed by atoms with E-state index in [1.54, 1.807) is 26.3 Å². The van der Waals surface area contributed by atoms with Crippen LogP contribution in [0.5, 0.6) is 5.75 Å². The number of benzene rings is 1. The summed E-state index contributed by atoms with van der Waals surface area (Å²) < 4.78 is 5.15. The summed E-state index contributed by atoms with van der Waals surface area (Å²) in [5.74, 6) is -0.0950. The lowest BCUT2D eigenvalue weighted by Crippen LogP contribution is -2.32. The number of urea groups is 1. The molecule has 0 fully saturated rings. The summed E-state index contributed by atoms with van der Waals surface area (Å²) in [5, 5.41) is 11.3. The van der Waals surface area contributed by atoms with Crippen molar-refractivity contribution in [3.63, 3.8) is 0 Å². The van der Waals surface area contributed by atoms with Crippen molar-refractivity contribution < 1.29 is 19.4 Å². The van der Waals surface area contributed by atoms with Crippen LogP contribution in [0.1, 0.15) is 18.4 Å². The number of carboxylic acid groups (broad SMARTS) is 1. The van der Waals surface area contributed by atoms with Crippen LogP contribution >= 0.6 is 0 Å². The van der Waals surface area contributed by atoms with Crippen LogP contribution in [0.15, 0.2) is 18.2 Å². The van der Waals surface area contributed by atoms with Crippen molar-refractivity contribution in [2.75, 3.05) is 26.0 Å². The van der Waals surface area contributed by atoms with Gasteiger partial charge in [-0.1, -0.05) is 0 Å². The summed E-state index contributed by atoms with van der Waals surface area (Å²) in [7, 11) is 3.23. The van der Waals surface area contributed by atoms with Crippen molar-refractivity contribution in [2.45, 2.75) is 19.8 Å². The number of aliphatic carboxylic acids is 1. The highest BCUT2D eigenvalue weighted by Crippen LogP contribution is 2.21. The van der Waals surface area contributed by atoms with Gasteiger partial charge in [-0.15, -0.1) is 0 Å². The van der Waals surface area contributed by atoms with Crippen molar-refractivity contribution in [3.05, 3.63) is 23.8 Å². The Morgan fingerprint density at radius 3 is 2.65 bits per heavy atom. The molecule has 0 unspecified atom stereocenters. The van der Waals surface area contributed by atoms with Gasteiger partial charge in [-0.3, -0.25) is 4.79 Å². The number of ether oxygens (including phenoxy) is 1. The van der Waals surface area contributed by atoms with Crippen LogP contribution in [-0.4, -0.2) is 42.7 Å². The van der Waals surface area contributed by atoms with E-state index in [2.05, 4.69) is 5.32 Å². The molecule has 0 bridgehead atoms. The van der Waals surface area contributed by atoms with Gasteiger partial charge in [0.1, 0.15) is 5.75 Å². The number of carbonyl (C=O) groups is 2. The maximum Gasteiger partial charge on any atom is 0.321 e. The summed E-state index contributed by atoms with van der Waals surface area (Å²) in [6.45, 7) is 2.29. The lowest BCUT2D eigenvalue weighted by atomic mass is 10.2. The molecule has 0 atom stereocenters. The molecule has 6 nitrogen and oxygen atoms in total. The first-order valence-electron chi connectivity index (χ1n) is 6.32. The highest BCUT2D eigenvalue weighted by molar-refractivity contribution is 5.89. The zero-order valence-corrected chi connectivity index (χ0v) is 12.0. The lowest BCUT2D eigenvalue weighted by molar-refractivity contribution is -0.137. The average molecular weight is 280 g/mol. The number of amides is 2. The van der Waals surface area contributed by atoms with Crippen LogP contribution in [-0.2, 0) is 4.79 Å². The van der Waals surface area contributed by atoms with E-state index >= 15 is 0 Å². The molecule has 20 heavy (non-hydrogen) atoms. The van der Waals surface area contributed by atoms with Gasteiger partial charge in [0.2, 0.25) is 0 Å². The van der Waals surface area contributed by atoms with Crippen LogP contribution in [0.4, 0.5) is 10.5 Å². The number of hydrogen-bond acceptors (Lipinski definition) is 3. The normalized spacial score (nSPS) is 9.95. The number of carboxylic acids is 1. The fourth-order valence-corrected chi connectivity index (χ4v) is 1.74. The molecule has 6 heteroatoms. The summed E-state index contributed by atoms with van der Waals surface area (Å²) >= 11 is 0. The number of anilines is 1. The predicted octanol–water partition coefficient (Wildman–Crippen LogP) is 2.33. The minimum Gasteiger partial charge on any atom is -0.496 e. The second kappa shape index (κ2) is 7.37. The molecule has 0 aliphatic heterocycles. The Labute approximate surface area is 118 Å². The fraction of sp³-hybridized carbons (Fsp3) is 0.429. The third kappa shape index (κ3) is 4.79. The largest absolute Gasteiger partial charge is 0.496 e. The smallest absolute Gasteiger partial charge is 0.321 e. The second-order valence-electron chi connectivity index (χ2n) is 4.53. The molecule has 0 saturated carbocycles. The van der Waals surface area contributed by atoms with E-state index in [-0.39, 0.29) is 12.5 Å². The zero-order valence-electron chi connectivity index (χ0n) is 12.0.